The first-order chi connectivity index (χ1) is 23.3. The quantitative estimate of drug-likeness (QED) is 0.190. The van der Waals surface area contributed by atoms with Crippen LogP contribution in [0.3, 0.4) is 0 Å². The van der Waals surface area contributed by atoms with Crippen LogP contribution >= 0.6 is 0 Å². The minimum Gasteiger partial charge on any atom is -0.308 e. The molecule has 0 amide bonds. The maximum absolute atomic E-state index is 13.8. The van der Waals surface area contributed by atoms with E-state index in [1.54, 1.807) is 6.07 Å². The summed E-state index contributed by atoms with van der Waals surface area (Å²) >= 11 is 0. The van der Waals surface area contributed by atoms with Gasteiger partial charge in [-0.1, -0.05) is 109 Å². The highest BCUT2D eigenvalue weighted by atomic mass is 19.4. The fourth-order valence-corrected chi connectivity index (χ4v) is 6.23. The van der Waals surface area contributed by atoms with E-state index < -0.39 is 11.7 Å². The lowest BCUT2D eigenvalue weighted by Gasteiger charge is -2.17. The number of para-hydroxylation sites is 1. The summed E-state index contributed by atoms with van der Waals surface area (Å²) < 4.78 is 43.6. The van der Waals surface area contributed by atoms with E-state index in [9.17, 15) is 13.2 Å². The fourth-order valence-electron chi connectivity index (χ4n) is 6.23. The number of alkyl halides is 3. The topological polar surface area (TPSA) is 43.6 Å². The number of benzene rings is 6. The largest absolute Gasteiger partial charge is 0.416 e. The van der Waals surface area contributed by atoms with Crippen molar-refractivity contribution in [1.82, 2.24) is 19.5 Å². The van der Waals surface area contributed by atoms with Gasteiger partial charge in [-0.2, -0.15) is 13.2 Å². The molecule has 2 aromatic heterocycles. The second kappa shape index (κ2) is 11.6. The minimum absolute atomic E-state index is 0.408. The summed E-state index contributed by atoms with van der Waals surface area (Å²) in [6.07, 6.45) is -4.47. The van der Waals surface area contributed by atoms with E-state index in [1.165, 1.54) is 12.1 Å². The summed E-state index contributed by atoms with van der Waals surface area (Å²) in [5.41, 5.74) is 6.54. The third-order valence-electron chi connectivity index (χ3n) is 8.53. The number of halogens is 3. The summed E-state index contributed by atoms with van der Waals surface area (Å²) in [7, 11) is 0. The van der Waals surface area contributed by atoms with Crippen LogP contribution < -0.4 is 0 Å². The van der Waals surface area contributed by atoms with Gasteiger partial charge in [0.2, 0.25) is 0 Å². The number of aromatic nitrogens is 4. The zero-order valence-electron chi connectivity index (χ0n) is 25.8. The van der Waals surface area contributed by atoms with Crippen LogP contribution in [0.25, 0.3) is 72.8 Å². The van der Waals surface area contributed by atoms with E-state index in [4.69, 9.17) is 15.0 Å². The Morgan fingerprint density at radius 2 is 1.06 bits per heavy atom. The summed E-state index contributed by atoms with van der Waals surface area (Å²) in [5, 5.41) is 2.18. The van der Waals surface area contributed by atoms with Gasteiger partial charge in [-0.25, -0.2) is 15.0 Å². The van der Waals surface area contributed by atoms with E-state index in [2.05, 4.69) is 41.8 Å². The molecule has 8 rings (SSSR count). The molecule has 0 aliphatic carbocycles. The summed E-state index contributed by atoms with van der Waals surface area (Å²) in [4.78, 5) is 14.9. The van der Waals surface area contributed by atoms with Crippen LogP contribution in [-0.2, 0) is 6.18 Å². The maximum Gasteiger partial charge on any atom is 0.416 e. The van der Waals surface area contributed by atoms with Crippen molar-refractivity contribution in [1.29, 1.82) is 0 Å². The highest BCUT2D eigenvalue weighted by molar-refractivity contribution is 6.10. The van der Waals surface area contributed by atoms with Gasteiger partial charge in [0, 0.05) is 27.5 Å². The molecule has 7 heteroatoms. The molecule has 4 nitrogen and oxygen atoms in total. The lowest BCUT2D eigenvalue weighted by molar-refractivity contribution is -0.137. The van der Waals surface area contributed by atoms with Gasteiger partial charge in [0.25, 0.3) is 0 Å². The van der Waals surface area contributed by atoms with Gasteiger partial charge in [-0.05, 0) is 60.0 Å². The van der Waals surface area contributed by atoms with Gasteiger partial charge in [-0.3, -0.25) is 0 Å². The molecule has 8 aromatic rings. The van der Waals surface area contributed by atoms with E-state index in [-0.39, 0.29) is 0 Å². The standard InChI is InChI=1S/C41H27F3N4/c1-26-19-21-33-32-17-8-9-18-35(32)48(37(33)23-26)36-22-20-30(29-15-10-16-31(24-29)41(42,43)44)25-34(36)40-46-38(27-11-4-2-5-12-27)45-39(47-40)28-13-6-3-7-14-28/h2-25H,1H3. The second-order valence-corrected chi connectivity index (χ2v) is 11.7. The van der Waals surface area contributed by atoms with E-state index in [1.807, 2.05) is 91.0 Å². The molecule has 0 saturated heterocycles. The monoisotopic (exact) mass is 632 g/mol. The zero-order chi connectivity index (χ0) is 32.8. The lowest BCUT2D eigenvalue weighted by Crippen LogP contribution is -2.05. The van der Waals surface area contributed by atoms with Crippen LogP contribution in [0.2, 0.25) is 0 Å². The Morgan fingerprint density at radius 1 is 0.479 bits per heavy atom. The van der Waals surface area contributed by atoms with Crippen LogP contribution in [0.1, 0.15) is 11.1 Å². The summed E-state index contributed by atoms with van der Waals surface area (Å²) in [6.45, 7) is 2.06. The van der Waals surface area contributed by atoms with Crippen molar-refractivity contribution >= 4 is 21.8 Å². The molecule has 0 radical (unpaired) electrons. The third-order valence-corrected chi connectivity index (χ3v) is 8.53. The predicted octanol–water partition coefficient (Wildman–Crippen LogP) is 11.0. The van der Waals surface area contributed by atoms with Gasteiger partial charge >= 0.3 is 6.18 Å². The molecule has 2 heterocycles. The molecule has 0 N–H and O–H groups in total. The molecule has 0 bridgehead atoms. The van der Waals surface area contributed by atoms with Crippen molar-refractivity contribution in [3.8, 4) is 51.0 Å². The van der Waals surface area contributed by atoms with Crippen LogP contribution in [0.5, 0.6) is 0 Å². The van der Waals surface area contributed by atoms with E-state index in [0.29, 0.717) is 34.2 Å². The maximum atomic E-state index is 13.8. The zero-order valence-corrected chi connectivity index (χ0v) is 25.8. The Bertz CT molecular complexity index is 2390. The molecule has 6 aromatic carbocycles. The second-order valence-electron chi connectivity index (χ2n) is 11.7. The van der Waals surface area contributed by atoms with E-state index >= 15 is 0 Å². The Labute approximate surface area is 274 Å². The van der Waals surface area contributed by atoms with Crippen molar-refractivity contribution in [3.05, 3.63) is 157 Å². The number of hydrogen-bond donors (Lipinski definition) is 0. The number of rotatable bonds is 5. The molecular formula is C41H27F3N4. The molecule has 48 heavy (non-hydrogen) atoms. The smallest absolute Gasteiger partial charge is 0.308 e. The van der Waals surface area contributed by atoms with Crippen molar-refractivity contribution in [2.75, 3.05) is 0 Å². The Morgan fingerprint density at radius 3 is 1.75 bits per heavy atom. The van der Waals surface area contributed by atoms with Gasteiger partial charge in [0.05, 0.1) is 22.3 Å². The normalized spacial score (nSPS) is 11.8. The fraction of sp³-hybridized carbons (Fsp3) is 0.0488. The van der Waals surface area contributed by atoms with Crippen molar-refractivity contribution in [2.45, 2.75) is 13.1 Å². The first-order valence-electron chi connectivity index (χ1n) is 15.5. The molecule has 232 valence electrons. The average Bonchev–Trinajstić information content (AvgIpc) is 3.44. The lowest BCUT2D eigenvalue weighted by atomic mass is 9.99. The first kappa shape index (κ1) is 29.3. The molecule has 0 aliphatic rings. The molecule has 0 aliphatic heterocycles. The van der Waals surface area contributed by atoms with Crippen molar-refractivity contribution < 1.29 is 13.2 Å². The highest BCUT2D eigenvalue weighted by Crippen LogP contribution is 2.39. The molecule has 0 saturated carbocycles. The summed E-state index contributed by atoms with van der Waals surface area (Å²) in [5.74, 6) is 1.39. The van der Waals surface area contributed by atoms with Crippen LogP contribution in [0.15, 0.2) is 146 Å². The van der Waals surface area contributed by atoms with Crippen LogP contribution in [-0.4, -0.2) is 19.5 Å². The number of aryl methyl sites for hydroxylation is 1. The third kappa shape index (κ3) is 5.29. The first-order valence-corrected chi connectivity index (χ1v) is 15.5. The molecular weight excluding hydrogens is 605 g/mol. The number of fused-ring (bicyclic) bond motifs is 3. The Kier molecular flexibility index (Phi) is 7.10. The minimum atomic E-state index is -4.47. The van der Waals surface area contributed by atoms with Crippen LogP contribution in [0, 0.1) is 6.92 Å². The number of hydrogen-bond acceptors (Lipinski definition) is 3. The highest BCUT2D eigenvalue weighted by Gasteiger charge is 2.30. The van der Waals surface area contributed by atoms with Gasteiger partial charge in [-0.15, -0.1) is 0 Å². The Hall–Kier alpha value is -6.08. The average molecular weight is 633 g/mol. The van der Waals surface area contributed by atoms with Crippen molar-refractivity contribution in [3.63, 3.8) is 0 Å². The van der Waals surface area contributed by atoms with Gasteiger partial charge in [0.15, 0.2) is 17.5 Å². The van der Waals surface area contributed by atoms with Gasteiger partial charge < -0.3 is 4.57 Å². The van der Waals surface area contributed by atoms with Crippen LogP contribution in [0.4, 0.5) is 13.2 Å². The molecule has 0 unspecified atom stereocenters. The van der Waals surface area contributed by atoms with Gasteiger partial charge in [0.1, 0.15) is 0 Å². The predicted molar refractivity (Wildman–Crippen MR) is 186 cm³/mol. The summed E-state index contributed by atoms with van der Waals surface area (Å²) in [6, 6.07) is 45.1. The Balaban J connectivity index is 1.45. The van der Waals surface area contributed by atoms with E-state index in [0.717, 1.165) is 50.2 Å². The molecule has 0 spiro atoms. The van der Waals surface area contributed by atoms with Crippen molar-refractivity contribution in [2.24, 2.45) is 0 Å². The SMILES string of the molecule is Cc1ccc2c3ccccc3n(-c3ccc(-c4cccc(C(F)(F)F)c4)cc3-c3nc(-c4ccccc4)nc(-c4ccccc4)n3)c2c1. The molecule has 0 fully saturated rings. The molecule has 0 atom stereocenters. The number of nitrogens with zero attached hydrogens (tertiary/aromatic N) is 4.